The van der Waals surface area contributed by atoms with Crippen molar-refractivity contribution in [1.29, 1.82) is 5.26 Å². The van der Waals surface area contributed by atoms with E-state index in [1.165, 1.54) is 0 Å². The molecule has 0 bridgehead atoms. The zero-order valence-corrected chi connectivity index (χ0v) is 10.4. The van der Waals surface area contributed by atoms with Crippen LogP contribution in [0.25, 0.3) is 0 Å². The van der Waals surface area contributed by atoms with Crippen molar-refractivity contribution in [3.8, 4) is 6.07 Å². The van der Waals surface area contributed by atoms with Gasteiger partial charge in [0.25, 0.3) is 0 Å². The van der Waals surface area contributed by atoms with Crippen molar-refractivity contribution >= 4 is 15.5 Å². The lowest BCUT2D eigenvalue weighted by molar-refractivity contribution is 0.601. The van der Waals surface area contributed by atoms with Crippen molar-refractivity contribution in [2.24, 2.45) is 0 Å². The molecule has 0 N–H and O–H groups in total. The summed E-state index contributed by atoms with van der Waals surface area (Å²) in [5.41, 5.74) is 1.49. The highest BCUT2D eigenvalue weighted by Crippen LogP contribution is 2.23. The molecule has 1 fully saturated rings. The van der Waals surface area contributed by atoms with Gasteiger partial charge in [0.05, 0.1) is 23.1 Å². The van der Waals surface area contributed by atoms with Gasteiger partial charge in [-0.2, -0.15) is 5.26 Å². The van der Waals surface area contributed by atoms with Gasteiger partial charge < -0.3 is 4.90 Å². The Morgan fingerprint density at radius 2 is 2.24 bits per heavy atom. The van der Waals surface area contributed by atoms with Crippen LogP contribution in [-0.4, -0.2) is 33.0 Å². The Morgan fingerprint density at radius 1 is 1.47 bits per heavy atom. The summed E-state index contributed by atoms with van der Waals surface area (Å²) in [5, 5.41) is 8.83. The zero-order chi connectivity index (χ0) is 12.5. The van der Waals surface area contributed by atoms with Gasteiger partial charge in [-0.05, 0) is 24.6 Å². The van der Waals surface area contributed by atoms with E-state index in [4.69, 9.17) is 5.26 Å². The van der Waals surface area contributed by atoms with E-state index in [-0.39, 0.29) is 17.5 Å². The van der Waals surface area contributed by atoms with Crippen molar-refractivity contribution in [3.05, 3.63) is 29.8 Å². The van der Waals surface area contributed by atoms with Gasteiger partial charge in [0, 0.05) is 18.8 Å². The minimum atomic E-state index is -2.87. The Kier molecular flexibility index (Phi) is 3.07. The fourth-order valence-electron chi connectivity index (χ4n) is 2.09. The lowest BCUT2D eigenvalue weighted by Gasteiger charge is -2.25. The van der Waals surface area contributed by atoms with Crippen molar-refractivity contribution in [2.75, 3.05) is 23.5 Å². The van der Waals surface area contributed by atoms with E-state index in [9.17, 15) is 8.42 Å². The quantitative estimate of drug-likeness (QED) is 0.790. The lowest BCUT2D eigenvalue weighted by Crippen LogP contribution is -2.32. The van der Waals surface area contributed by atoms with Gasteiger partial charge >= 0.3 is 0 Å². The minimum absolute atomic E-state index is 0.0222. The first-order valence-corrected chi connectivity index (χ1v) is 7.27. The number of nitrogens with zero attached hydrogens (tertiary/aromatic N) is 2. The summed E-state index contributed by atoms with van der Waals surface area (Å²) in [6.07, 6.45) is 0.662. The average Bonchev–Trinajstić information content (AvgIpc) is 2.69. The van der Waals surface area contributed by atoms with E-state index in [0.29, 0.717) is 12.0 Å². The van der Waals surface area contributed by atoms with Crippen LogP contribution in [0.15, 0.2) is 24.3 Å². The fourth-order valence-corrected chi connectivity index (χ4v) is 3.86. The van der Waals surface area contributed by atoms with E-state index in [0.717, 1.165) is 5.69 Å². The third-order valence-corrected chi connectivity index (χ3v) is 4.89. The van der Waals surface area contributed by atoms with Crippen LogP contribution in [0.1, 0.15) is 12.0 Å². The molecule has 1 atom stereocenters. The predicted octanol–water partition coefficient (Wildman–Crippen LogP) is 1.18. The maximum absolute atomic E-state index is 11.4. The second-order valence-corrected chi connectivity index (χ2v) is 6.56. The molecule has 0 aromatic heterocycles. The Morgan fingerprint density at radius 3 is 2.82 bits per heavy atom. The van der Waals surface area contributed by atoms with E-state index < -0.39 is 9.84 Å². The van der Waals surface area contributed by atoms with E-state index in [2.05, 4.69) is 6.07 Å². The molecule has 1 heterocycles. The van der Waals surface area contributed by atoms with E-state index >= 15 is 0 Å². The molecule has 0 amide bonds. The lowest BCUT2D eigenvalue weighted by atomic mass is 10.1. The van der Waals surface area contributed by atoms with Crippen LogP contribution in [0.3, 0.4) is 0 Å². The molecule has 1 unspecified atom stereocenters. The molecule has 1 aromatic rings. The summed E-state index contributed by atoms with van der Waals surface area (Å²) in [7, 11) is -0.994. The SMILES string of the molecule is CN(c1cccc(C#N)c1)C1CCS(=O)(=O)C1. The van der Waals surface area contributed by atoms with Crippen LogP contribution in [0.4, 0.5) is 5.69 Å². The van der Waals surface area contributed by atoms with Gasteiger partial charge in [-0.15, -0.1) is 0 Å². The highest BCUT2D eigenvalue weighted by Gasteiger charge is 2.30. The van der Waals surface area contributed by atoms with Gasteiger partial charge in [-0.1, -0.05) is 6.07 Å². The molecule has 2 rings (SSSR count). The van der Waals surface area contributed by atoms with Gasteiger partial charge in [-0.25, -0.2) is 8.42 Å². The monoisotopic (exact) mass is 250 g/mol. The summed E-state index contributed by atoms with van der Waals surface area (Å²) < 4.78 is 22.8. The number of rotatable bonds is 2. The van der Waals surface area contributed by atoms with Crippen molar-refractivity contribution in [1.82, 2.24) is 0 Å². The number of hydrogen-bond acceptors (Lipinski definition) is 4. The van der Waals surface area contributed by atoms with Crippen LogP contribution in [0, 0.1) is 11.3 Å². The van der Waals surface area contributed by atoms with Gasteiger partial charge in [0.15, 0.2) is 9.84 Å². The summed E-state index contributed by atoms with van der Waals surface area (Å²) in [4.78, 5) is 1.95. The molecule has 0 saturated carbocycles. The Balaban J connectivity index is 2.20. The van der Waals surface area contributed by atoms with Crippen LogP contribution < -0.4 is 4.90 Å². The summed E-state index contributed by atoms with van der Waals surface area (Å²) >= 11 is 0. The number of anilines is 1. The average molecular weight is 250 g/mol. The molecule has 0 aliphatic carbocycles. The molecule has 90 valence electrons. The second-order valence-electron chi connectivity index (χ2n) is 4.33. The fraction of sp³-hybridized carbons (Fsp3) is 0.417. The zero-order valence-electron chi connectivity index (χ0n) is 9.63. The first kappa shape index (κ1) is 11.9. The van der Waals surface area contributed by atoms with E-state index in [1.807, 2.05) is 24.1 Å². The normalized spacial score (nSPS) is 22.0. The smallest absolute Gasteiger partial charge is 0.152 e. The van der Waals surface area contributed by atoms with Crippen LogP contribution >= 0.6 is 0 Å². The molecule has 4 nitrogen and oxygen atoms in total. The molecule has 1 aliphatic rings. The molecule has 1 saturated heterocycles. The third kappa shape index (κ3) is 2.59. The minimum Gasteiger partial charge on any atom is -0.371 e. The first-order chi connectivity index (χ1) is 8.02. The summed E-state index contributed by atoms with van der Waals surface area (Å²) in [6.45, 7) is 0. The standard InChI is InChI=1S/C12H14N2O2S/c1-14(12-5-6-17(15,16)9-12)11-4-2-3-10(7-11)8-13/h2-4,7,12H,5-6,9H2,1H3. The highest BCUT2D eigenvalue weighted by atomic mass is 32.2. The highest BCUT2D eigenvalue weighted by molar-refractivity contribution is 7.91. The Labute approximate surface area is 101 Å². The van der Waals surface area contributed by atoms with Crippen molar-refractivity contribution in [2.45, 2.75) is 12.5 Å². The molecular weight excluding hydrogens is 236 g/mol. The number of sulfone groups is 1. The third-order valence-electron chi connectivity index (χ3n) is 3.14. The summed E-state index contributed by atoms with van der Waals surface area (Å²) in [5.74, 6) is 0.472. The maximum Gasteiger partial charge on any atom is 0.152 e. The first-order valence-electron chi connectivity index (χ1n) is 5.45. The van der Waals surface area contributed by atoms with Crippen LogP contribution in [0.2, 0.25) is 0 Å². The molecule has 5 heteroatoms. The topological polar surface area (TPSA) is 61.2 Å². The molecule has 1 aliphatic heterocycles. The van der Waals surface area contributed by atoms with Crippen molar-refractivity contribution in [3.63, 3.8) is 0 Å². The molecule has 0 spiro atoms. The maximum atomic E-state index is 11.4. The Bertz CT molecular complexity index is 560. The number of nitriles is 1. The molecule has 17 heavy (non-hydrogen) atoms. The van der Waals surface area contributed by atoms with Crippen LogP contribution in [0.5, 0.6) is 0 Å². The largest absolute Gasteiger partial charge is 0.371 e. The van der Waals surface area contributed by atoms with Gasteiger partial charge in [-0.3, -0.25) is 0 Å². The summed E-state index contributed by atoms with van der Waals surface area (Å²) in [6, 6.07) is 9.34. The number of benzene rings is 1. The number of hydrogen-bond donors (Lipinski definition) is 0. The van der Waals surface area contributed by atoms with E-state index in [1.54, 1.807) is 12.1 Å². The predicted molar refractivity (Wildman–Crippen MR) is 66.6 cm³/mol. The second kappa shape index (κ2) is 4.38. The molecular formula is C12H14N2O2S. The molecule has 1 aromatic carbocycles. The van der Waals surface area contributed by atoms with Crippen molar-refractivity contribution < 1.29 is 8.42 Å². The molecule has 0 radical (unpaired) electrons. The van der Waals surface area contributed by atoms with Gasteiger partial charge in [0.1, 0.15) is 0 Å². The Hall–Kier alpha value is -1.54. The van der Waals surface area contributed by atoms with Gasteiger partial charge in [0.2, 0.25) is 0 Å². The van der Waals surface area contributed by atoms with Crippen LogP contribution in [-0.2, 0) is 9.84 Å².